The summed E-state index contributed by atoms with van der Waals surface area (Å²) in [4.78, 5) is 6.65. The summed E-state index contributed by atoms with van der Waals surface area (Å²) >= 11 is 0. The third-order valence-corrected chi connectivity index (χ3v) is 3.59. The zero-order chi connectivity index (χ0) is 11.0. The Kier molecular flexibility index (Phi) is 2.55. The number of rotatable bonds is 3. The highest BCUT2D eigenvalue weighted by Crippen LogP contribution is 2.39. The topological polar surface area (TPSA) is 68.2 Å². The van der Waals surface area contributed by atoms with Gasteiger partial charge in [0.2, 0.25) is 0 Å². The fourth-order valence-corrected chi connectivity index (χ4v) is 2.22. The molecule has 1 aromatic heterocycles. The van der Waals surface area contributed by atoms with Gasteiger partial charge in [0, 0.05) is 19.0 Å². The summed E-state index contributed by atoms with van der Waals surface area (Å²) in [6.45, 7) is 2.79. The largest absolute Gasteiger partial charge is 0.330 e. The van der Waals surface area contributed by atoms with Crippen LogP contribution in [0.1, 0.15) is 37.4 Å². The Morgan fingerprint density at radius 3 is 2.62 bits per heavy atom. The normalized spacial score (nSPS) is 22.7. The third-order valence-electron chi connectivity index (χ3n) is 3.59. The van der Waals surface area contributed by atoms with Crippen molar-refractivity contribution in [1.29, 1.82) is 0 Å². The fraction of sp³-hybridized carbons (Fsp3) is 0.818. The zero-order valence-corrected chi connectivity index (χ0v) is 9.43. The van der Waals surface area contributed by atoms with Crippen LogP contribution in [0, 0.1) is 5.92 Å². The molecule has 1 saturated heterocycles. The van der Waals surface area contributed by atoms with E-state index in [1.54, 1.807) is 0 Å². The highest BCUT2D eigenvalue weighted by molar-refractivity contribution is 5.27. The molecule has 0 unspecified atom stereocenters. The number of anilines is 1. The molecular weight excluding hydrogens is 204 g/mol. The number of hydrogen-bond donors (Lipinski definition) is 1. The van der Waals surface area contributed by atoms with Crippen LogP contribution in [-0.2, 0) is 0 Å². The van der Waals surface area contributed by atoms with Crippen molar-refractivity contribution in [2.75, 3.05) is 24.5 Å². The Hall–Kier alpha value is -1.10. The summed E-state index contributed by atoms with van der Waals surface area (Å²) in [7, 11) is 0. The maximum Gasteiger partial charge on any atom is 0.324 e. The highest BCUT2D eigenvalue weighted by Gasteiger charge is 2.30. The van der Waals surface area contributed by atoms with Gasteiger partial charge >= 0.3 is 6.01 Å². The van der Waals surface area contributed by atoms with Crippen LogP contribution in [0.15, 0.2) is 4.52 Å². The predicted molar refractivity (Wildman–Crippen MR) is 60.3 cm³/mol. The fourth-order valence-electron chi connectivity index (χ4n) is 2.22. The molecule has 0 spiro atoms. The lowest BCUT2D eigenvalue weighted by Crippen LogP contribution is -2.36. The van der Waals surface area contributed by atoms with Gasteiger partial charge in [0.1, 0.15) is 0 Å². The lowest BCUT2D eigenvalue weighted by Gasteiger charge is -2.29. The molecule has 5 nitrogen and oxygen atoms in total. The van der Waals surface area contributed by atoms with Gasteiger partial charge in [0.15, 0.2) is 5.82 Å². The monoisotopic (exact) mass is 222 g/mol. The first-order valence-corrected chi connectivity index (χ1v) is 6.15. The molecule has 1 aliphatic heterocycles. The molecule has 88 valence electrons. The molecule has 2 N–H and O–H groups in total. The maximum absolute atomic E-state index is 5.67. The van der Waals surface area contributed by atoms with Crippen LogP contribution in [-0.4, -0.2) is 29.8 Å². The molecule has 5 heteroatoms. The average molecular weight is 222 g/mol. The number of piperidine rings is 1. The summed E-state index contributed by atoms with van der Waals surface area (Å²) in [6, 6.07) is 0.706. The van der Waals surface area contributed by atoms with E-state index in [4.69, 9.17) is 10.3 Å². The van der Waals surface area contributed by atoms with Gasteiger partial charge in [-0.15, -0.1) is 0 Å². The van der Waals surface area contributed by atoms with Gasteiger partial charge < -0.3 is 15.2 Å². The molecule has 0 radical (unpaired) electrons. The van der Waals surface area contributed by atoms with Gasteiger partial charge in [-0.1, -0.05) is 5.16 Å². The first-order valence-electron chi connectivity index (χ1n) is 6.15. The highest BCUT2D eigenvalue weighted by atomic mass is 16.5. The van der Waals surface area contributed by atoms with E-state index in [1.165, 1.54) is 12.8 Å². The minimum Gasteiger partial charge on any atom is -0.330 e. The van der Waals surface area contributed by atoms with Gasteiger partial charge in [-0.05, 0) is 38.1 Å². The molecule has 1 aromatic rings. The van der Waals surface area contributed by atoms with E-state index in [9.17, 15) is 0 Å². The van der Waals surface area contributed by atoms with E-state index < -0.39 is 0 Å². The Morgan fingerprint density at radius 2 is 2.00 bits per heavy atom. The van der Waals surface area contributed by atoms with Crippen molar-refractivity contribution in [2.24, 2.45) is 11.7 Å². The molecule has 2 fully saturated rings. The van der Waals surface area contributed by atoms with Crippen molar-refractivity contribution in [3.05, 3.63) is 5.82 Å². The molecule has 0 amide bonds. The molecular formula is C11H18N4O. The molecule has 0 atom stereocenters. The van der Waals surface area contributed by atoms with Gasteiger partial charge in [0.25, 0.3) is 0 Å². The Labute approximate surface area is 95.0 Å². The van der Waals surface area contributed by atoms with Crippen molar-refractivity contribution in [2.45, 2.75) is 31.6 Å². The van der Waals surface area contributed by atoms with Gasteiger partial charge in [-0.3, -0.25) is 0 Å². The summed E-state index contributed by atoms with van der Waals surface area (Å²) in [5, 5.41) is 4.04. The lowest BCUT2D eigenvalue weighted by atomic mass is 9.97. The van der Waals surface area contributed by atoms with Crippen LogP contribution in [0.3, 0.4) is 0 Å². The summed E-state index contributed by atoms with van der Waals surface area (Å²) in [5.74, 6) is 2.14. The zero-order valence-electron chi connectivity index (χ0n) is 9.43. The molecule has 1 saturated carbocycles. The third kappa shape index (κ3) is 1.91. The van der Waals surface area contributed by atoms with Gasteiger partial charge in [-0.2, -0.15) is 4.98 Å². The predicted octanol–water partition coefficient (Wildman–Crippen LogP) is 1.12. The van der Waals surface area contributed by atoms with E-state index in [2.05, 4.69) is 15.0 Å². The first kappa shape index (κ1) is 10.1. The quantitative estimate of drug-likeness (QED) is 0.830. The second kappa shape index (κ2) is 4.05. The van der Waals surface area contributed by atoms with E-state index in [0.717, 1.165) is 38.3 Å². The Balaban J connectivity index is 1.63. The first-order chi connectivity index (χ1) is 7.86. The van der Waals surface area contributed by atoms with Crippen molar-refractivity contribution in [3.63, 3.8) is 0 Å². The van der Waals surface area contributed by atoms with E-state index in [-0.39, 0.29) is 0 Å². The van der Waals surface area contributed by atoms with E-state index in [0.29, 0.717) is 17.9 Å². The summed E-state index contributed by atoms with van der Waals surface area (Å²) < 4.78 is 5.31. The van der Waals surface area contributed by atoms with Crippen molar-refractivity contribution in [3.8, 4) is 0 Å². The van der Waals surface area contributed by atoms with E-state index in [1.807, 2.05) is 0 Å². The molecule has 0 bridgehead atoms. The second-order valence-electron chi connectivity index (χ2n) is 4.88. The van der Waals surface area contributed by atoms with Crippen LogP contribution in [0.4, 0.5) is 6.01 Å². The van der Waals surface area contributed by atoms with Crippen molar-refractivity contribution >= 4 is 6.01 Å². The second-order valence-corrected chi connectivity index (χ2v) is 4.88. The molecule has 0 aromatic carbocycles. The number of aromatic nitrogens is 2. The lowest BCUT2D eigenvalue weighted by molar-refractivity contribution is 0.365. The molecule has 1 aliphatic carbocycles. The summed E-state index contributed by atoms with van der Waals surface area (Å²) in [5.41, 5.74) is 5.67. The standard InChI is InChI=1S/C11H18N4O/c12-7-8-3-5-15(6-4-8)11-13-10(14-16-11)9-1-2-9/h8-9H,1-7,12H2. The number of hydrogen-bond acceptors (Lipinski definition) is 5. The average Bonchev–Trinajstić information content (AvgIpc) is 3.08. The Morgan fingerprint density at radius 1 is 1.25 bits per heavy atom. The molecule has 2 aliphatic rings. The molecule has 16 heavy (non-hydrogen) atoms. The van der Waals surface area contributed by atoms with Gasteiger partial charge in [-0.25, -0.2) is 0 Å². The SMILES string of the molecule is NCC1CCN(c2nc(C3CC3)no2)CC1. The molecule has 2 heterocycles. The smallest absolute Gasteiger partial charge is 0.324 e. The minimum atomic E-state index is 0.569. The molecule has 3 rings (SSSR count). The van der Waals surface area contributed by atoms with Crippen LogP contribution in [0.5, 0.6) is 0 Å². The Bertz CT molecular complexity index is 353. The van der Waals surface area contributed by atoms with Crippen LogP contribution < -0.4 is 10.6 Å². The van der Waals surface area contributed by atoms with Crippen LogP contribution >= 0.6 is 0 Å². The van der Waals surface area contributed by atoms with Gasteiger partial charge in [0.05, 0.1) is 0 Å². The maximum atomic E-state index is 5.67. The van der Waals surface area contributed by atoms with Crippen LogP contribution in [0.2, 0.25) is 0 Å². The van der Waals surface area contributed by atoms with Crippen LogP contribution in [0.25, 0.3) is 0 Å². The minimum absolute atomic E-state index is 0.569. The van der Waals surface area contributed by atoms with E-state index >= 15 is 0 Å². The number of nitrogens with two attached hydrogens (primary N) is 1. The van der Waals surface area contributed by atoms with Crippen molar-refractivity contribution in [1.82, 2.24) is 10.1 Å². The summed E-state index contributed by atoms with van der Waals surface area (Å²) in [6.07, 6.45) is 4.71. The van der Waals surface area contributed by atoms with Crippen molar-refractivity contribution < 1.29 is 4.52 Å². The number of nitrogens with zero attached hydrogens (tertiary/aromatic N) is 3.